The van der Waals surface area contributed by atoms with Gasteiger partial charge in [-0.25, -0.2) is 9.59 Å². The smallest absolute Gasteiger partial charge is 0.338 e. The van der Waals surface area contributed by atoms with E-state index in [9.17, 15) is 9.59 Å². The van der Waals surface area contributed by atoms with Crippen LogP contribution in [-0.2, 0) is 16.1 Å². The van der Waals surface area contributed by atoms with Crippen molar-refractivity contribution in [3.63, 3.8) is 0 Å². The summed E-state index contributed by atoms with van der Waals surface area (Å²) in [6.45, 7) is 3.01. The molecule has 2 amide bonds. The van der Waals surface area contributed by atoms with Crippen LogP contribution in [0.2, 0.25) is 0 Å². The van der Waals surface area contributed by atoms with Crippen molar-refractivity contribution in [3.05, 3.63) is 65.3 Å². The third-order valence-corrected chi connectivity index (χ3v) is 4.81. The van der Waals surface area contributed by atoms with Crippen LogP contribution in [-0.4, -0.2) is 51.2 Å². The Bertz CT molecular complexity index is 904. The summed E-state index contributed by atoms with van der Waals surface area (Å²) >= 11 is 0. The molecule has 1 aliphatic heterocycles. The van der Waals surface area contributed by atoms with Crippen LogP contribution in [0.3, 0.4) is 0 Å². The van der Waals surface area contributed by atoms with E-state index in [0.29, 0.717) is 30.1 Å². The lowest BCUT2D eigenvalue weighted by atomic mass is 10.00. The van der Waals surface area contributed by atoms with E-state index >= 15 is 0 Å². The molecule has 1 aromatic carbocycles. The molecule has 0 aliphatic carbocycles. The normalized spacial score (nSPS) is 16.3. The average molecular weight is 412 g/mol. The van der Waals surface area contributed by atoms with Gasteiger partial charge in [-0.1, -0.05) is 12.1 Å². The molecule has 0 saturated carbocycles. The van der Waals surface area contributed by atoms with Gasteiger partial charge in [0.25, 0.3) is 0 Å². The zero-order valence-corrected chi connectivity index (χ0v) is 17.8. The predicted octanol–water partition coefficient (Wildman–Crippen LogP) is 2.65. The molecule has 0 radical (unpaired) electrons. The van der Waals surface area contributed by atoms with Crippen LogP contribution >= 0.6 is 0 Å². The highest BCUT2D eigenvalue weighted by Gasteiger charge is 2.35. The number of nitrogens with one attached hydrogen (secondary N) is 2. The molecule has 2 aromatic rings. The number of urea groups is 1. The summed E-state index contributed by atoms with van der Waals surface area (Å²) in [6.07, 6.45) is 1.51. The molecular formula is C22H28N4O4. The van der Waals surface area contributed by atoms with E-state index in [-0.39, 0.29) is 12.6 Å². The number of anilines is 1. The first-order valence-corrected chi connectivity index (χ1v) is 9.85. The molecule has 0 spiro atoms. The summed E-state index contributed by atoms with van der Waals surface area (Å²) in [4.78, 5) is 29.1. The van der Waals surface area contributed by atoms with Crippen molar-refractivity contribution in [1.82, 2.24) is 15.5 Å². The molecule has 1 atom stereocenters. The van der Waals surface area contributed by atoms with Crippen LogP contribution in [0.25, 0.3) is 0 Å². The lowest BCUT2D eigenvalue weighted by Gasteiger charge is -2.30. The van der Waals surface area contributed by atoms with Gasteiger partial charge in [0.15, 0.2) is 0 Å². The van der Waals surface area contributed by atoms with E-state index in [1.54, 1.807) is 19.1 Å². The van der Waals surface area contributed by atoms with Crippen LogP contribution in [0.5, 0.6) is 0 Å². The first-order chi connectivity index (χ1) is 14.4. The standard InChI is InChI=1S/C22H28N4O4/c1-5-29-21(27)19-17(23-22(28)24-20(19)18-7-6-12-30-18)14-26(4)13-15-8-10-16(11-9-15)25(2)3/h6-12,20H,5,13-14H2,1-4H3,(H2,23,24,28)/t20-/m1/s1. The molecule has 1 aliphatic rings. The van der Waals surface area contributed by atoms with Crippen LogP contribution in [0.4, 0.5) is 10.5 Å². The maximum absolute atomic E-state index is 12.7. The molecule has 3 rings (SSSR count). The number of nitrogens with zero attached hydrogens (tertiary/aromatic N) is 2. The average Bonchev–Trinajstić information content (AvgIpc) is 3.22. The molecular weight excluding hydrogens is 384 g/mol. The van der Waals surface area contributed by atoms with Crippen molar-refractivity contribution in [3.8, 4) is 0 Å². The highest BCUT2D eigenvalue weighted by atomic mass is 16.5. The van der Waals surface area contributed by atoms with Gasteiger partial charge in [-0.3, -0.25) is 4.90 Å². The number of furan rings is 1. The summed E-state index contributed by atoms with van der Waals surface area (Å²) in [5, 5.41) is 5.53. The lowest BCUT2D eigenvalue weighted by Crippen LogP contribution is -2.48. The Balaban J connectivity index is 1.84. The molecule has 8 nitrogen and oxygen atoms in total. The van der Waals surface area contributed by atoms with E-state index in [1.165, 1.54) is 6.26 Å². The first kappa shape index (κ1) is 21.4. The van der Waals surface area contributed by atoms with Crippen molar-refractivity contribution in [1.29, 1.82) is 0 Å². The Kier molecular flexibility index (Phi) is 6.79. The van der Waals surface area contributed by atoms with E-state index in [2.05, 4.69) is 34.9 Å². The molecule has 2 heterocycles. The van der Waals surface area contributed by atoms with Crippen LogP contribution in [0.1, 0.15) is 24.3 Å². The van der Waals surface area contributed by atoms with Crippen molar-refractivity contribution in [2.75, 3.05) is 39.2 Å². The monoisotopic (exact) mass is 412 g/mol. The number of likely N-dealkylation sites (N-methyl/N-ethyl adjacent to an activating group) is 1. The quantitative estimate of drug-likeness (QED) is 0.649. The number of rotatable bonds is 8. The minimum absolute atomic E-state index is 0.239. The molecule has 0 saturated heterocycles. The second kappa shape index (κ2) is 9.49. The minimum atomic E-state index is -0.699. The zero-order valence-electron chi connectivity index (χ0n) is 17.8. The van der Waals surface area contributed by atoms with Gasteiger partial charge in [-0.05, 0) is 43.8 Å². The fourth-order valence-corrected chi connectivity index (χ4v) is 3.40. The van der Waals surface area contributed by atoms with Gasteiger partial charge in [-0.15, -0.1) is 0 Å². The lowest BCUT2D eigenvalue weighted by molar-refractivity contribution is -0.139. The van der Waals surface area contributed by atoms with E-state index in [1.807, 2.05) is 30.9 Å². The highest BCUT2D eigenvalue weighted by Crippen LogP contribution is 2.28. The Hall–Kier alpha value is -3.26. The summed E-state index contributed by atoms with van der Waals surface area (Å²) in [5.74, 6) is -0.00235. The number of ether oxygens (including phenoxy) is 1. The maximum Gasteiger partial charge on any atom is 0.338 e. The van der Waals surface area contributed by atoms with Crippen molar-refractivity contribution < 1.29 is 18.7 Å². The van der Waals surface area contributed by atoms with Gasteiger partial charge < -0.3 is 24.7 Å². The van der Waals surface area contributed by atoms with Gasteiger partial charge in [0, 0.05) is 38.6 Å². The van der Waals surface area contributed by atoms with E-state index in [0.717, 1.165) is 11.3 Å². The van der Waals surface area contributed by atoms with Crippen molar-refractivity contribution in [2.24, 2.45) is 0 Å². The third kappa shape index (κ3) is 5.01. The number of hydrogen-bond donors (Lipinski definition) is 2. The summed E-state index contributed by atoms with van der Waals surface area (Å²) in [5.41, 5.74) is 3.11. The second-order valence-electron chi connectivity index (χ2n) is 7.39. The summed E-state index contributed by atoms with van der Waals surface area (Å²) in [7, 11) is 5.94. The van der Waals surface area contributed by atoms with Gasteiger partial charge in [0.1, 0.15) is 11.8 Å². The molecule has 0 bridgehead atoms. The van der Waals surface area contributed by atoms with Gasteiger partial charge in [0.05, 0.1) is 18.4 Å². The number of hydrogen-bond acceptors (Lipinski definition) is 6. The highest BCUT2D eigenvalue weighted by molar-refractivity contribution is 5.95. The third-order valence-electron chi connectivity index (χ3n) is 4.81. The van der Waals surface area contributed by atoms with Crippen LogP contribution in [0, 0.1) is 0 Å². The first-order valence-electron chi connectivity index (χ1n) is 9.85. The van der Waals surface area contributed by atoms with Crippen LogP contribution < -0.4 is 15.5 Å². The fourth-order valence-electron chi connectivity index (χ4n) is 3.40. The largest absolute Gasteiger partial charge is 0.467 e. The number of carbonyl (C=O) groups excluding carboxylic acids is 2. The molecule has 30 heavy (non-hydrogen) atoms. The summed E-state index contributed by atoms with van der Waals surface area (Å²) in [6, 6.07) is 10.6. The predicted molar refractivity (Wildman–Crippen MR) is 114 cm³/mol. The maximum atomic E-state index is 12.7. The molecule has 0 unspecified atom stereocenters. The zero-order chi connectivity index (χ0) is 21.7. The number of carbonyl (C=O) groups is 2. The molecule has 160 valence electrons. The van der Waals surface area contributed by atoms with Gasteiger partial charge >= 0.3 is 12.0 Å². The second-order valence-corrected chi connectivity index (χ2v) is 7.39. The van der Waals surface area contributed by atoms with Crippen molar-refractivity contribution >= 4 is 17.7 Å². The van der Waals surface area contributed by atoms with Gasteiger partial charge in [0.2, 0.25) is 0 Å². The molecule has 1 aromatic heterocycles. The fraction of sp³-hybridized carbons (Fsp3) is 0.364. The Morgan fingerprint density at radius 2 is 1.87 bits per heavy atom. The topological polar surface area (TPSA) is 87.0 Å². The summed E-state index contributed by atoms with van der Waals surface area (Å²) < 4.78 is 10.7. The van der Waals surface area contributed by atoms with Crippen molar-refractivity contribution in [2.45, 2.75) is 19.5 Å². The van der Waals surface area contributed by atoms with E-state index in [4.69, 9.17) is 9.15 Å². The van der Waals surface area contributed by atoms with E-state index < -0.39 is 12.0 Å². The SMILES string of the molecule is CCOC(=O)C1=C(CN(C)Cc2ccc(N(C)C)cc2)NC(=O)N[C@@H]1c1ccco1. The number of amides is 2. The number of benzene rings is 1. The van der Waals surface area contributed by atoms with Crippen LogP contribution in [0.15, 0.2) is 58.3 Å². The van der Waals surface area contributed by atoms with Gasteiger partial charge in [-0.2, -0.15) is 0 Å². The Morgan fingerprint density at radius 1 is 1.13 bits per heavy atom. The molecule has 2 N–H and O–H groups in total. The number of esters is 1. The molecule has 8 heteroatoms. The minimum Gasteiger partial charge on any atom is -0.467 e. The Labute approximate surface area is 176 Å². The Morgan fingerprint density at radius 3 is 2.47 bits per heavy atom. The molecule has 0 fully saturated rings.